The molecule has 4 nitrogen and oxygen atoms in total. The Bertz CT molecular complexity index is 905. The first-order valence-electron chi connectivity index (χ1n) is 9.01. The average molecular weight is 411 g/mol. The van der Waals surface area contributed by atoms with E-state index >= 15 is 0 Å². The predicted octanol–water partition coefficient (Wildman–Crippen LogP) is 5.32. The maximum atomic E-state index is 13.2. The van der Waals surface area contributed by atoms with Crippen molar-refractivity contribution in [2.24, 2.45) is 5.92 Å². The summed E-state index contributed by atoms with van der Waals surface area (Å²) in [7, 11) is 0. The first kappa shape index (κ1) is 20.4. The minimum atomic E-state index is -4.65. The van der Waals surface area contributed by atoms with Crippen LogP contribution < -0.4 is 5.32 Å². The van der Waals surface area contributed by atoms with Crippen molar-refractivity contribution >= 4 is 28.2 Å². The van der Waals surface area contributed by atoms with Gasteiger partial charge in [-0.25, -0.2) is 4.79 Å². The van der Waals surface area contributed by atoms with Crippen molar-refractivity contribution in [3.8, 4) is 0 Å². The van der Waals surface area contributed by atoms with Crippen LogP contribution in [0, 0.1) is 5.92 Å². The van der Waals surface area contributed by atoms with Crippen molar-refractivity contribution in [3.05, 3.63) is 51.4 Å². The molecule has 1 N–H and O–H groups in total. The molecule has 0 saturated heterocycles. The number of anilines is 1. The Morgan fingerprint density at radius 3 is 2.68 bits per heavy atom. The number of esters is 1. The van der Waals surface area contributed by atoms with Gasteiger partial charge < -0.3 is 10.1 Å². The largest absolute Gasteiger partial charge is 0.462 e. The highest BCUT2D eigenvalue weighted by atomic mass is 32.1. The SMILES string of the molecule is CCOC(=O)c1c(NC(=O)c2ccccc2C(F)(F)F)sc2c1CC[C@@H](C)C2. The fourth-order valence-electron chi connectivity index (χ4n) is 3.36. The van der Waals surface area contributed by atoms with Crippen LogP contribution in [0.3, 0.4) is 0 Å². The summed E-state index contributed by atoms with van der Waals surface area (Å²) in [6, 6.07) is 4.59. The summed E-state index contributed by atoms with van der Waals surface area (Å²) in [5.41, 5.74) is -0.391. The number of amides is 1. The molecule has 0 bridgehead atoms. The van der Waals surface area contributed by atoms with E-state index in [1.54, 1.807) is 6.92 Å². The van der Waals surface area contributed by atoms with E-state index in [9.17, 15) is 22.8 Å². The first-order chi connectivity index (χ1) is 13.2. The first-order valence-corrected chi connectivity index (χ1v) is 9.83. The molecule has 1 aromatic carbocycles. The van der Waals surface area contributed by atoms with Gasteiger partial charge in [0.1, 0.15) is 5.00 Å². The van der Waals surface area contributed by atoms with Crippen LogP contribution >= 0.6 is 11.3 Å². The van der Waals surface area contributed by atoms with Crippen LogP contribution in [0.4, 0.5) is 18.2 Å². The molecule has 150 valence electrons. The van der Waals surface area contributed by atoms with Gasteiger partial charge in [0.2, 0.25) is 0 Å². The zero-order valence-electron chi connectivity index (χ0n) is 15.5. The van der Waals surface area contributed by atoms with Gasteiger partial charge in [-0.15, -0.1) is 11.3 Å². The van der Waals surface area contributed by atoms with E-state index in [0.717, 1.165) is 35.4 Å². The number of benzene rings is 1. The average Bonchev–Trinajstić information content (AvgIpc) is 2.98. The Hall–Kier alpha value is -2.35. The van der Waals surface area contributed by atoms with E-state index < -0.39 is 29.2 Å². The molecule has 2 aromatic rings. The molecule has 1 atom stereocenters. The van der Waals surface area contributed by atoms with Gasteiger partial charge in [-0.1, -0.05) is 19.1 Å². The summed E-state index contributed by atoms with van der Waals surface area (Å²) in [6.07, 6.45) is -2.31. The van der Waals surface area contributed by atoms with Crippen molar-refractivity contribution in [1.29, 1.82) is 0 Å². The van der Waals surface area contributed by atoms with Gasteiger partial charge in [-0.3, -0.25) is 4.79 Å². The van der Waals surface area contributed by atoms with Crippen molar-refractivity contribution in [2.75, 3.05) is 11.9 Å². The number of carbonyl (C=O) groups excluding carboxylic acids is 2. The second-order valence-electron chi connectivity index (χ2n) is 6.77. The summed E-state index contributed by atoms with van der Waals surface area (Å²) in [6.45, 7) is 3.95. The third-order valence-electron chi connectivity index (χ3n) is 4.70. The van der Waals surface area contributed by atoms with Crippen LogP contribution in [-0.2, 0) is 23.8 Å². The lowest BCUT2D eigenvalue weighted by atomic mass is 9.88. The molecule has 0 fully saturated rings. The number of fused-ring (bicyclic) bond motifs is 1. The molecule has 0 radical (unpaired) electrons. The summed E-state index contributed by atoms with van der Waals surface area (Å²) < 4.78 is 44.8. The Balaban J connectivity index is 1.99. The highest BCUT2D eigenvalue weighted by Crippen LogP contribution is 2.40. The van der Waals surface area contributed by atoms with E-state index in [0.29, 0.717) is 12.3 Å². The van der Waals surface area contributed by atoms with Crippen molar-refractivity contribution in [1.82, 2.24) is 0 Å². The second kappa shape index (κ2) is 7.95. The van der Waals surface area contributed by atoms with Crippen molar-refractivity contribution in [3.63, 3.8) is 0 Å². The number of ether oxygens (including phenoxy) is 1. The topological polar surface area (TPSA) is 55.4 Å². The molecule has 0 unspecified atom stereocenters. The Labute approximate surface area is 164 Å². The van der Waals surface area contributed by atoms with E-state index in [1.807, 2.05) is 0 Å². The molecule has 1 amide bonds. The number of rotatable bonds is 4. The van der Waals surface area contributed by atoms with Crippen LogP contribution in [0.5, 0.6) is 0 Å². The Kier molecular flexibility index (Phi) is 5.79. The summed E-state index contributed by atoms with van der Waals surface area (Å²) >= 11 is 1.24. The highest BCUT2D eigenvalue weighted by Gasteiger charge is 2.36. The van der Waals surface area contributed by atoms with E-state index in [4.69, 9.17) is 4.74 Å². The minimum Gasteiger partial charge on any atom is -0.462 e. The molecule has 1 aromatic heterocycles. The molecule has 1 heterocycles. The number of nitrogens with one attached hydrogen (secondary N) is 1. The molecule has 3 rings (SSSR count). The summed E-state index contributed by atoms with van der Waals surface area (Å²) in [5.74, 6) is -1.02. The molecule has 0 saturated carbocycles. The number of alkyl halides is 3. The molecule has 0 aliphatic heterocycles. The number of thiophene rings is 1. The normalized spacial score (nSPS) is 16.4. The highest BCUT2D eigenvalue weighted by molar-refractivity contribution is 7.17. The second-order valence-corrected chi connectivity index (χ2v) is 7.88. The van der Waals surface area contributed by atoms with Gasteiger partial charge in [-0.05, 0) is 49.8 Å². The fraction of sp³-hybridized carbons (Fsp3) is 0.400. The zero-order chi connectivity index (χ0) is 20.5. The molecule has 1 aliphatic rings. The smallest absolute Gasteiger partial charge is 0.417 e. The number of carbonyl (C=O) groups is 2. The predicted molar refractivity (Wildman–Crippen MR) is 101 cm³/mol. The van der Waals surface area contributed by atoms with Crippen molar-refractivity contribution in [2.45, 2.75) is 39.3 Å². The molecular formula is C20H20F3NO3S. The lowest BCUT2D eigenvalue weighted by Gasteiger charge is -2.18. The quantitative estimate of drug-likeness (QED) is 0.693. The third kappa shape index (κ3) is 4.06. The maximum absolute atomic E-state index is 13.2. The Morgan fingerprint density at radius 1 is 1.29 bits per heavy atom. The minimum absolute atomic E-state index is 0.171. The van der Waals surface area contributed by atoms with E-state index in [2.05, 4.69) is 12.2 Å². The molecular weight excluding hydrogens is 391 g/mol. The van der Waals surface area contributed by atoms with Crippen LogP contribution in [0.1, 0.15) is 57.0 Å². The van der Waals surface area contributed by atoms with Gasteiger partial charge >= 0.3 is 12.1 Å². The van der Waals surface area contributed by atoms with Crippen LogP contribution in [0.25, 0.3) is 0 Å². The van der Waals surface area contributed by atoms with Crippen LogP contribution in [0.2, 0.25) is 0 Å². The van der Waals surface area contributed by atoms with E-state index in [-0.39, 0.29) is 17.2 Å². The van der Waals surface area contributed by atoms with Crippen molar-refractivity contribution < 1.29 is 27.5 Å². The van der Waals surface area contributed by atoms with Gasteiger partial charge in [0.15, 0.2) is 0 Å². The zero-order valence-corrected chi connectivity index (χ0v) is 16.3. The van der Waals surface area contributed by atoms with Crippen LogP contribution in [0.15, 0.2) is 24.3 Å². The third-order valence-corrected chi connectivity index (χ3v) is 5.87. The van der Waals surface area contributed by atoms with Gasteiger partial charge in [0.05, 0.1) is 23.3 Å². The number of halogens is 3. The lowest BCUT2D eigenvalue weighted by Crippen LogP contribution is -2.20. The maximum Gasteiger partial charge on any atom is 0.417 e. The molecule has 28 heavy (non-hydrogen) atoms. The van der Waals surface area contributed by atoms with Gasteiger partial charge in [0, 0.05) is 4.88 Å². The molecule has 8 heteroatoms. The molecule has 0 spiro atoms. The number of hydrogen-bond acceptors (Lipinski definition) is 4. The monoisotopic (exact) mass is 411 g/mol. The molecule has 1 aliphatic carbocycles. The Morgan fingerprint density at radius 2 is 2.00 bits per heavy atom. The van der Waals surface area contributed by atoms with Gasteiger partial charge in [0.25, 0.3) is 5.91 Å². The van der Waals surface area contributed by atoms with Gasteiger partial charge in [-0.2, -0.15) is 13.2 Å². The fourth-order valence-corrected chi connectivity index (χ4v) is 4.75. The lowest BCUT2D eigenvalue weighted by molar-refractivity contribution is -0.137. The van der Waals surface area contributed by atoms with Crippen LogP contribution in [-0.4, -0.2) is 18.5 Å². The summed E-state index contributed by atoms with van der Waals surface area (Å²) in [4.78, 5) is 26.1. The number of hydrogen-bond donors (Lipinski definition) is 1. The standard InChI is InChI=1S/C20H20F3NO3S/c1-3-27-19(26)16-13-9-8-11(2)10-15(13)28-18(16)24-17(25)12-6-4-5-7-14(12)20(21,22)23/h4-7,11H,3,8-10H2,1-2H3,(H,24,25)/t11-/m1/s1. The summed E-state index contributed by atoms with van der Waals surface area (Å²) in [5, 5.41) is 2.78. The van der Waals surface area contributed by atoms with E-state index in [1.165, 1.54) is 23.5 Å².